The van der Waals surface area contributed by atoms with Gasteiger partial charge in [-0.2, -0.15) is 0 Å². The van der Waals surface area contributed by atoms with Crippen molar-refractivity contribution < 1.29 is 25.2 Å². The van der Waals surface area contributed by atoms with Crippen LogP contribution in [0.25, 0.3) is 0 Å². The number of rotatable bonds is 8. The highest BCUT2D eigenvalue weighted by Gasteiger charge is 2.20. The number of benzene rings is 2. The van der Waals surface area contributed by atoms with Crippen LogP contribution in [-0.2, 0) is 17.6 Å². The summed E-state index contributed by atoms with van der Waals surface area (Å²) < 4.78 is 0. The molecule has 1 amide bonds. The van der Waals surface area contributed by atoms with Gasteiger partial charge in [0.1, 0.15) is 0 Å². The first-order valence-corrected chi connectivity index (χ1v) is 10.4. The predicted octanol–water partition coefficient (Wildman–Crippen LogP) is 2.66. The molecule has 2 aromatic rings. The second kappa shape index (κ2) is 10.2. The summed E-state index contributed by atoms with van der Waals surface area (Å²) in [6.45, 7) is 2.85. The molecule has 1 fully saturated rings. The Morgan fingerprint density at radius 1 is 0.867 bits per heavy atom. The average Bonchev–Trinajstić information content (AvgIpc) is 2.73. The third-order valence-corrected chi connectivity index (χ3v) is 5.61. The summed E-state index contributed by atoms with van der Waals surface area (Å²) in [5.41, 5.74) is 1.83. The van der Waals surface area contributed by atoms with Gasteiger partial charge >= 0.3 is 0 Å². The molecule has 7 nitrogen and oxygen atoms in total. The molecule has 1 heterocycles. The SMILES string of the molecule is O=C(CCc1ccc(O)c(O)c1)NC1CCN(CCCc2ccc(O)c(O)c2)CC1. The molecular formula is C23H30N2O5. The van der Waals surface area contributed by atoms with Crippen molar-refractivity contribution in [3.63, 3.8) is 0 Å². The number of amides is 1. The summed E-state index contributed by atoms with van der Waals surface area (Å²) in [5.74, 6) is -0.484. The Hall–Kier alpha value is -2.93. The predicted molar refractivity (Wildman–Crippen MR) is 114 cm³/mol. The van der Waals surface area contributed by atoms with Crippen LogP contribution in [0.1, 0.15) is 36.8 Å². The molecule has 0 aromatic heterocycles. The number of hydrogen-bond donors (Lipinski definition) is 5. The third-order valence-electron chi connectivity index (χ3n) is 5.61. The van der Waals surface area contributed by atoms with Gasteiger partial charge in [0.15, 0.2) is 23.0 Å². The Morgan fingerprint density at radius 2 is 1.43 bits per heavy atom. The smallest absolute Gasteiger partial charge is 0.220 e. The van der Waals surface area contributed by atoms with Crippen LogP contribution in [0.15, 0.2) is 36.4 Å². The van der Waals surface area contributed by atoms with Gasteiger partial charge in [0, 0.05) is 25.6 Å². The maximum Gasteiger partial charge on any atom is 0.220 e. The van der Waals surface area contributed by atoms with E-state index in [1.807, 2.05) is 6.07 Å². The molecule has 0 atom stereocenters. The molecule has 0 saturated carbocycles. The zero-order chi connectivity index (χ0) is 21.5. The minimum Gasteiger partial charge on any atom is -0.504 e. The van der Waals surface area contributed by atoms with E-state index in [9.17, 15) is 25.2 Å². The van der Waals surface area contributed by atoms with Crippen molar-refractivity contribution >= 4 is 5.91 Å². The van der Waals surface area contributed by atoms with E-state index in [2.05, 4.69) is 10.2 Å². The van der Waals surface area contributed by atoms with Crippen LogP contribution in [0.3, 0.4) is 0 Å². The van der Waals surface area contributed by atoms with Gasteiger partial charge in [0.2, 0.25) is 5.91 Å². The maximum atomic E-state index is 12.2. The van der Waals surface area contributed by atoms with E-state index in [0.717, 1.165) is 56.4 Å². The van der Waals surface area contributed by atoms with Crippen molar-refractivity contribution in [1.82, 2.24) is 10.2 Å². The number of nitrogens with one attached hydrogen (secondary N) is 1. The van der Waals surface area contributed by atoms with Gasteiger partial charge in [-0.1, -0.05) is 12.1 Å². The number of aryl methyl sites for hydroxylation is 2. The van der Waals surface area contributed by atoms with Gasteiger partial charge in [-0.3, -0.25) is 4.79 Å². The van der Waals surface area contributed by atoms with E-state index < -0.39 is 0 Å². The Balaban J connectivity index is 1.32. The monoisotopic (exact) mass is 414 g/mol. The third kappa shape index (κ3) is 6.29. The molecule has 3 rings (SSSR count). The van der Waals surface area contributed by atoms with E-state index in [0.29, 0.717) is 12.8 Å². The largest absolute Gasteiger partial charge is 0.504 e. The number of likely N-dealkylation sites (tertiary alicyclic amines) is 1. The molecule has 0 unspecified atom stereocenters. The van der Waals surface area contributed by atoms with Crippen molar-refractivity contribution in [2.75, 3.05) is 19.6 Å². The quantitative estimate of drug-likeness (QED) is 0.425. The Morgan fingerprint density at radius 3 is 2.00 bits per heavy atom. The molecule has 0 bridgehead atoms. The Bertz CT molecular complexity index is 863. The molecular weight excluding hydrogens is 384 g/mol. The second-order valence-corrected chi connectivity index (χ2v) is 7.93. The summed E-state index contributed by atoms with van der Waals surface area (Å²) in [7, 11) is 0. The van der Waals surface area contributed by atoms with Gasteiger partial charge in [0.25, 0.3) is 0 Å². The van der Waals surface area contributed by atoms with Crippen LogP contribution in [0.4, 0.5) is 0 Å². The molecule has 1 aliphatic rings. The molecule has 0 radical (unpaired) electrons. The molecule has 5 N–H and O–H groups in total. The highest BCUT2D eigenvalue weighted by Crippen LogP contribution is 2.26. The molecule has 0 aliphatic carbocycles. The highest BCUT2D eigenvalue weighted by atomic mass is 16.3. The van der Waals surface area contributed by atoms with Gasteiger partial charge in [-0.05, 0) is 74.0 Å². The number of piperidine rings is 1. The molecule has 2 aromatic carbocycles. The lowest BCUT2D eigenvalue weighted by Gasteiger charge is -2.32. The van der Waals surface area contributed by atoms with Gasteiger partial charge < -0.3 is 30.6 Å². The van der Waals surface area contributed by atoms with E-state index >= 15 is 0 Å². The fraction of sp³-hybridized carbons (Fsp3) is 0.435. The zero-order valence-corrected chi connectivity index (χ0v) is 17.0. The number of nitrogens with zero attached hydrogens (tertiary/aromatic N) is 1. The second-order valence-electron chi connectivity index (χ2n) is 7.93. The van der Waals surface area contributed by atoms with E-state index in [1.165, 1.54) is 18.2 Å². The number of carbonyl (C=O) groups excluding carboxylic acids is 1. The maximum absolute atomic E-state index is 12.2. The minimum absolute atomic E-state index is 0.00755. The van der Waals surface area contributed by atoms with Crippen LogP contribution >= 0.6 is 0 Å². The van der Waals surface area contributed by atoms with Crippen molar-refractivity contribution in [3.8, 4) is 23.0 Å². The van der Waals surface area contributed by atoms with Crippen LogP contribution in [0.2, 0.25) is 0 Å². The number of phenols is 4. The fourth-order valence-corrected chi connectivity index (χ4v) is 3.81. The standard InChI is InChI=1S/C23H30N2O5/c26-19-6-3-16(14-21(19)28)2-1-11-25-12-9-18(10-13-25)24-23(30)8-5-17-4-7-20(27)22(29)15-17/h3-4,6-7,14-15,18,26-29H,1-2,5,8-13H2,(H,24,30). The molecule has 1 aliphatic heterocycles. The molecule has 162 valence electrons. The average molecular weight is 415 g/mol. The number of aromatic hydroxyl groups is 4. The lowest BCUT2D eigenvalue weighted by molar-refractivity contribution is -0.122. The first-order chi connectivity index (χ1) is 14.4. The van der Waals surface area contributed by atoms with E-state index in [1.54, 1.807) is 12.1 Å². The molecule has 30 heavy (non-hydrogen) atoms. The van der Waals surface area contributed by atoms with Crippen molar-refractivity contribution in [1.29, 1.82) is 0 Å². The van der Waals surface area contributed by atoms with Crippen LogP contribution in [-0.4, -0.2) is 56.9 Å². The van der Waals surface area contributed by atoms with Crippen LogP contribution in [0.5, 0.6) is 23.0 Å². The summed E-state index contributed by atoms with van der Waals surface area (Å²) in [6.07, 6.45) is 4.53. The van der Waals surface area contributed by atoms with Crippen LogP contribution in [0, 0.1) is 0 Å². The van der Waals surface area contributed by atoms with Gasteiger partial charge in [-0.15, -0.1) is 0 Å². The number of hydrogen-bond acceptors (Lipinski definition) is 6. The Kier molecular flexibility index (Phi) is 7.41. The van der Waals surface area contributed by atoms with E-state index in [4.69, 9.17) is 0 Å². The van der Waals surface area contributed by atoms with Gasteiger partial charge in [-0.25, -0.2) is 0 Å². The zero-order valence-electron chi connectivity index (χ0n) is 17.0. The summed E-state index contributed by atoms with van der Waals surface area (Å²) >= 11 is 0. The first-order valence-electron chi connectivity index (χ1n) is 10.4. The lowest BCUT2D eigenvalue weighted by Crippen LogP contribution is -2.44. The summed E-state index contributed by atoms with van der Waals surface area (Å²) in [6, 6.07) is 9.77. The number of carbonyl (C=O) groups is 1. The minimum atomic E-state index is -0.164. The lowest BCUT2D eigenvalue weighted by atomic mass is 10.0. The first kappa shape index (κ1) is 21.8. The van der Waals surface area contributed by atoms with Crippen molar-refractivity contribution in [2.24, 2.45) is 0 Å². The molecule has 1 saturated heterocycles. The molecule has 7 heteroatoms. The van der Waals surface area contributed by atoms with Gasteiger partial charge in [0.05, 0.1) is 0 Å². The summed E-state index contributed by atoms with van der Waals surface area (Å²) in [5, 5.41) is 40.9. The fourth-order valence-electron chi connectivity index (χ4n) is 3.81. The van der Waals surface area contributed by atoms with Crippen molar-refractivity contribution in [3.05, 3.63) is 47.5 Å². The number of phenolic OH excluding ortho intramolecular Hbond substituents is 4. The normalized spacial score (nSPS) is 15.2. The topological polar surface area (TPSA) is 113 Å². The highest BCUT2D eigenvalue weighted by molar-refractivity contribution is 5.76. The van der Waals surface area contributed by atoms with E-state index in [-0.39, 0.29) is 34.9 Å². The van der Waals surface area contributed by atoms with Crippen molar-refractivity contribution in [2.45, 2.75) is 44.6 Å². The molecule has 0 spiro atoms. The Labute approximate surface area is 176 Å². The van der Waals surface area contributed by atoms with Crippen LogP contribution < -0.4 is 5.32 Å². The summed E-state index contributed by atoms with van der Waals surface area (Å²) in [4.78, 5) is 14.6.